The molecule has 8 nitrogen and oxygen atoms in total. The van der Waals surface area contributed by atoms with Gasteiger partial charge in [0.2, 0.25) is 0 Å². The first kappa shape index (κ1) is 19.9. The average molecular weight is 358 g/mol. The summed E-state index contributed by atoms with van der Waals surface area (Å²) in [6.07, 6.45) is -0.532. The smallest absolute Gasteiger partial charge is 0.413 e. The van der Waals surface area contributed by atoms with E-state index in [0.29, 0.717) is 6.42 Å². The van der Waals surface area contributed by atoms with Crippen LogP contribution in [0.5, 0.6) is 0 Å². The lowest BCUT2D eigenvalue weighted by Gasteiger charge is -2.18. The molecule has 0 saturated heterocycles. The van der Waals surface area contributed by atoms with Gasteiger partial charge < -0.3 is 14.6 Å². The van der Waals surface area contributed by atoms with E-state index >= 15 is 0 Å². The molecule has 1 amide bonds. The molecule has 0 spiro atoms. The van der Waals surface area contributed by atoms with Crippen molar-refractivity contribution in [2.45, 2.75) is 58.7 Å². The van der Waals surface area contributed by atoms with Crippen LogP contribution in [-0.2, 0) is 19.1 Å². The molecule has 0 aliphatic rings. The Kier molecular flexibility index (Phi) is 6.70. The normalized spacial score (nSPS) is 13.7. The fraction of sp³-hybridized carbons (Fsp3) is 0.600. The molecule has 0 fully saturated rings. The Hall–Kier alpha value is -2.16. The number of rotatable bonds is 6. The van der Waals surface area contributed by atoms with Gasteiger partial charge in [0.1, 0.15) is 5.60 Å². The van der Waals surface area contributed by atoms with E-state index in [1.54, 1.807) is 27.7 Å². The molecule has 2 unspecified atom stereocenters. The summed E-state index contributed by atoms with van der Waals surface area (Å²) < 4.78 is 10.1. The second kappa shape index (κ2) is 8.09. The van der Waals surface area contributed by atoms with Crippen molar-refractivity contribution in [2.75, 3.05) is 5.32 Å². The zero-order valence-electron chi connectivity index (χ0n) is 14.3. The van der Waals surface area contributed by atoms with E-state index in [-0.39, 0.29) is 10.8 Å². The first-order valence-electron chi connectivity index (χ1n) is 7.42. The Morgan fingerprint density at radius 3 is 2.50 bits per heavy atom. The number of nitrogens with zero attached hydrogens (tertiary/aromatic N) is 1. The lowest BCUT2D eigenvalue weighted by Crippen LogP contribution is -2.28. The van der Waals surface area contributed by atoms with Gasteiger partial charge in [0, 0.05) is 5.38 Å². The second-order valence-corrected chi connectivity index (χ2v) is 6.99. The number of carboxylic acid groups (broad SMARTS) is 1. The molecule has 2 N–H and O–H groups in total. The first-order chi connectivity index (χ1) is 11.0. The zero-order valence-corrected chi connectivity index (χ0v) is 15.1. The summed E-state index contributed by atoms with van der Waals surface area (Å²) >= 11 is 0.997. The van der Waals surface area contributed by atoms with Crippen LogP contribution in [-0.4, -0.2) is 39.8 Å². The molecule has 0 radical (unpaired) electrons. The van der Waals surface area contributed by atoms with Crippen molar-refractivity contribution in [1.29, 1.82) is 0 Å². The fourth-order valence-corrected chi connectivity index (χ4v) is 2.29. The van der Waals surface area contributed by atoms with Crippen LogP contribution < -0.4 is 5.32 Å². The summed E-state index contributed by atoms with van der Waals surface area (Å²) in [5.74, 6) is -3.78. The minimum absolute atomic E-state index is 0.00635. The molecule has 1 heterocycles. The number of hydrogen-bond donors (Lipinski definition) is 2. The van der Waals surface area contributed by atoms with Crippen LogP contribution in [0.15, 0.2) is 5.38 Å². The molecular formula is C15H22N2O6S. The highest BCUT2D eigenvalue weighted by Gasteiger charge is 2.33. The number of aromatic nitrogens is 1. The van der Waals surface area contributed by atoms with Crippen LogP contribution in [0.2, 0.25) is 0 Å². The van der Waals surface area contributed by atoms with Gasteiger partial charge in [-0.1, -0.05) is 6.92 Å². The molecule has 0 aliphatic carbocycles. The van der Waals surface area contributed by atoms with E-state index in [1.807, 2.05) is 6.92 Å². The Balaban J connectivity index is 2.85. The molecule has 1 aromatic rings. The number of carboxylic acids is 1. The van der Waals surface area contributed by atoms with Crippen LogP contribution in [0.1, 0.15) is 52.7 Å². The third-order valence-corrected chi connectivity index (χ3v) is 3.58. The van der Waals surface area contributed by atoms with E-state index in [2.05, 4.69) is 10.3 Å². The number of aliphatic carboxylic acids is 1. The molecule has 134 valence electrons. The summed E-state index contributed by atoms with van der Waals surface area (Å²) in [6, 6.07) is 0. The third-order valence-electron chi connectivity index (χ3n) is 2.80. The van der Waals surface area contributed by atoms with Gasteiger partial charge in [-0.2, -0.15) is 0 Å². The van der Waals surface area contributed by atoms with Crippen LogP contribution in [0.25, 0.3) is 0 Å². The van der Waals surface area contributed by atoms with Crippen molar-refractivity contribution in [3.05, 3.63) is 11.1 Å². The van der Waals surface area contributed by atoms with Gasteiger partial charge in [-0.15, -0.1) is 11.3 Å². The van der Waals surface area contributed by atoms with Crippen molar-refractivity contribution >= 4 is 34.5 Å². The van der Waals surface area contributed by atoms with Crippen LogP contribution in [0.3, 0.4) is 0 Å². The number of ether oxygens (including phenoxy) is 2. The molecule has 2 atom stereocenters. The number of hydrogen-bond acceptors (Lipinski definition) is 7. The quantitative estimate of drug-likeness (QED) is 0.593. The van der Waals surface area contributed by atoms with E-state index in [9.17, 15) is 19.5 Å². The number of esters is 1. The maximum atomic E-state index is 12.0. The lowest BCUT2D eigenvalue weighted by molar-refractivity contribution is -0.157. The summed E-state index contributed by atoms with van der Waals surface area (Å²) in [5.41, 5.74) is -0.666. The highest BCUT2D eigenvalue weighted by molar-refractivity contribution is 7.14. The maximum Gasteiger partial charge on any atom is 0.413 e. The Morgan fingerprint density at radius 1 is 1.38 bits per heavy atom. The van der Waals surface area contributed by atoms with E-state index in [1.165, 1.54) is 5.38 Å². The second-order valence-electron chi connectivity index (χ2n) is 6.13. The first-order valence-corrected chi connectivity index (χ1v) is 8.30. The number of anilines is 1. The highest BCUT2D eigenvalue weighted by Crippen LogP contribution is 2.25. The van der Waals surface area contributed by atoms with Crippen LogP contribution in [0.4, 0.5) is 9.93 Å². The van der Waals surface area contributed by atoms with Crippen molar-refractivity contribution in [3.63, 3.8) is 0 Å². The van der Waals surface area contributed by atoms with Crippen LogP contribution >= 0.6 is 11.3 Å². The number of carbonyl (C=O) groups is 3. The number of carbonyl (C=O) groups excluding carboxylic acids is 2. The van der Waals surface area contributed by atoms with Gasteiger partial charge in [-0.05, 0) is 34.1 Å². The van der Waals surface area contributed by atoms with E-state index in [4.69, 9.17) is 9.47 Å². The van der Waals surface area contributed by atoms with Crippen LogP contribution in [0, 0.1) is 0 Å². The van der Waals surface area contributed by atoms with Crippen molar-refractivity contribution < 1.29 is 29.0 Å². The topological polar surface area (TPSA) is 115 Å². The predicted octanol–water partition coefficient (Wildman–Crippen LogP) is 3.00. The molecule has 0 aliphatic heterocycles. The third kappa shape index (κ3) is 6.15. The van der Waals surface area contributed by atoms with E-state index in [0.717, 1.165) is 11.3 Å². The zero-order chi connectivity index (χ0) is 18.5. The predicted molar refractivity (Wildman–Crippen MR) is 88.2 cm³/mol. The average Bonchev–Trinajstić information content (AvgIpc) is 2.83. The number of thiazole rings is 1. The van der Waals surface area contributed by atoms with Gasteiger partial charge in [0.25, 0.3) is 0 Å². The van der Waals surface area contributed by atoms with Crippen molar-refractivity contribution in [1.82, 2.24) is 4.98 Å². The molecule has 0 bridgehead atoms. The van der Waals surface area contributed by atoms with Gasteiger partial charge >= 0.3 is 18.0 Å². The molecule has 1 rings (SSSR count). The van der Waals surface area contributed by atoms with Gasteiger partial charge in [-0.25, -0.2) is 9.78 Å². The minimum Gasteiger partial charge on any atom is -0.480 e. The molecule has 24 heavy (non-hydrogen) atoms. The Bertz CT molecular complexity index is 607. The summed E-state index contributed by atoms with van der Waals surface area (Å²) in [6.45, 7) is 8.63. The van der Waals surface area contributed by atoms with Gasteiger partial charge in [0.15, 0.2) is 11.0 Å². The number of amides is 1. The molecule has 0 saturated carbocycles. The summed E-state index contributed by atoms with van der Waals surface area (Å²) in [7, 11) is 0. The summed E-state index contributed by atoms with van der Waals surface area (Å²) in [5, 5.41) is 13.2. The fourth-order valence-electron chi connectivity index (χ4n) is 1.56. The monoisotopic (exact) mass is 358 g/mol. The number of nitrogens with one attached hydrogen (secondary N) is 1. The maximum absolute atomic E-state index is 12.0. The van der Waals surface area contributed by atoms with E-state index < -0.39 is 35.7 Å². The van der Waals surface area contributed by atoms with Crippen molar-refractivity contribution in [2.24, 2.45) is 0 Å². The lowest BCUT2D eigenvalue weighted by atomic mass is 10.1. The standard InChI is InChI=1S/C15H22N2O6S/c1-6-8(2)22-12(20)10(11(18)19)9-7-24-13(16-9)17-14(21)23-15(3,4)5/h7-8,10H,6H2,1-5H3,(H,18,19)(H,16,17,21). The Morgan fingerprint density at radius 2 is 2.00 bits per heavy atom. The molecular weight excluding hydrogens is 336 g/mol. The highest BCUT2D eigenvalue weighted by atomic mass is 32.1. The SMILES string of the molecule is CCC(C)OC(=O)C(C(=O)O)c1csc(NC(=O)OC(C)(C)C)n1. The molecule has 1 aromatic heterocycles. The largest absolute Gasteiger partial charge is 0.480 e. The van der Waals surface area contributed by atoms with Gasteiger partial charge in [-0.3, -0.25) is 14.9 Å². The minimum atomic E-state index is -1.54. The molecule has 0 aromatic carbocycles. The van der Waals surface area contributed by atoms with Gasteiger partial charge in [0.05, 0.1) is 11.8 Å². The molecule has 9 heteroatoms. The van der Waals surface area contributed by atoms with Crippen molar-refractivity contribution in [3.8, 4) is 0 Å². The Labute approximate surface area is 144 Å². The summed E-state index contributed by atoms with van der Waals surface area (Å²) in [4.78, 5) is 39.1.